The number of urea groups is 1. The molecule has 2 fully saturated rings. The van der Waals surface area contributed by atoms with Gasteiger partial charge in [-0.2, -0.15) is 0 Å². The van der Waals surface area contributed by atoms with Gasteiger partial charge in [0.1, 0.15) is 0 Å². The van der Waals surface area contributed by atoms with Crippen molar-refractivity contribution in [2.45, 2.75) is 38.4 Å². The molecule has 4 amide bonds. The van der Waals surface area contributed by atoms with Gasteiger partial charge >= 0.3 is 12.1 Å². The summed E-state index contributed by atoms with van der Waals surface area (Å²) in [5.74, 6) is -0.460. The number of piperidine rings is 1. The lowest BCUT2D eigenvalue weighted by atomic mass is 10.0. The molecule has 0 saturated carbocycles. The van der Waals surface area contributed by atoms with Crippen molar-refractivity contribution in [1.29, 1.82) is 0 Å². The first-order valence-electron chi connectivity index (χ1n) is 12.7. The highest BCUT2D eigenvalue weighted by Gasteiger charge is 2.28. The van der Waals surface area contributed by atoms with Crippen molar-refractivity contribution in [3.8, 4) is 0 Å². The summed E-state index contributed by atoms with van der Waals surface area (Å²) in [5, 5.41) is 12.7. The van der Waals surface area contributed by atoms with Gasteiger partial charge in [0.15, 0.2) is 0 Å². The fourth-order valence-electron chi connectivity index (χ4n) is 5.13. The number of piperazine rings is 1. The lowest BCUT2D eigenvalue weighted by molar-refractivity contribution is 0.0711. The smallest absolute Gasteiger partial charge is 0.407 e. The highest BCUT2D eigenvalue weighted by atomic mass is 16.4. The molecule has 37 heavy (non-hydrogen) atoms. The predicted octanol–water partition coefficient (Wildman–Crippen LogP) is 3.10. The molecule has 2 aromatic rings. The zero-order valence-corrected chi connectivity index (χ0v) is 21.5. The summed E-state index contributed by atoms with van der Waals surface area (Å²) in [6, 6.07) is 15.3. The monoisotopic (exact) mass is 508 g/mol. The van der Waals surface area contributed by atoms with Crippen LogP contribution in [0.15, 0.2) is 48.5 Å². The Balaban J connectivity index is 1.27. The predicted molar refractivity (Wildman–Crippen MR) is 143 cm³/mol. The first-order chi connectivity index (χ1) is 17.7. The normalized spacial score (nSPS) is 18.9. The van der Waals surface area contributed by atoms with E-state index in [-0.39, 0.29) is 18.1 Å². The van der Waals surface area contributed by atoms with Crippen LogP contribution in [-0.4, -0.2) is 89.7 Å². The quantitative estimate of drug-likeness (QED) is 0.551. The van der Waals surface area contributed by atoms with Crippen LogP contribution >= 0.6 is 0 Å². The van der Waals surface area contributed by atoms with Crippen molar-refractivity contribution < 1.29 is 19.5 Å². The number of hydrogen-bond donors (Lipinski definition) is 3. The molecule has 2 aliphatic heterocycles. The minimum absolute atomic E-state index is 0.0356. The minimum Gasteiger partial charge on any atom is -0.465 e. The van der Waals surface area contributed by atoms with Gasteiger partial charge in [0, 0.05) is 69.8 Å². The van der Waals surface area contributed by atoms with Gasteiger partial charge in [-0.15, -0.1) is 0 Å². The highest BCUT2D eigenvalue weighted by Crippen LogP contribution is 2.23. The molecule has 2 saturated heterocycles. The van der Waals surface area contributed by atoms with Gasteiger partial charge in [0.25, 0.3) is 5.91 Å². The Kier molecular flexibility index (Phi) is 8.17. The number of benzene rings is 2. The zero-order valence-electron chi connectivity index (χ0n) is 21.5. The Hall–Kier alpha value is -3.79. The van der Waals surface area contributed by atoms with Crippen LogP contribution in [-0.2, 0) is 6.54 Å². The Morgan fingerprint density at radius 2 is 1.70 bits per heavy atom. The van der Waals surface area contributed by atoms with E-state index in [9.17, 15) is 19.5 Å². The molecule has 10 heteroatoms. The van der Waals surface area contributed by atoms with E-state index >= 15 is 0 Å². The molecule has 2 aromatic carbocycles. The van der Waals surface area contributed by atoms with E-state index in [1.807, 2.05) is 48.2 Å². The van der Waals surface area contributed by atoms with Gasteiger partial charge in [-0.1, -0.05) is 24.3 Å². The average molecular weight is 509 g/mol. The van der Waals surface area contributed by atoms with E-state index in [4.69, 9.17) is 5.73 Å². The number of anilines is 2. The number of rotatable bonds is 6. The fraction of sp³-hybridized carbons (Fsp3) is 0.444. The number of carbonyl (C=O) groups excluding carboxylic acids is 2. The number of primary amides is 1. The largest absolute Gasteiger partial charge is 0.465 e. The number of nitrogens with zero attached hydrogens (tertiary/aromatic N) is 4. The van der Waals surface area contributed by atoms with Crippen LogP contribution in [0, 0.1) is 0 Å². The molecule has 2 aliphatic rings. The summed E-state index contributed by atoms with van der Waals surface area (Å²) in [4.78, 5) is 43.4. The minimum atomic E-state index is -0.863. The molecule has 198 valence electrons. The van der Waals surface area contributed by atoms with Crippen molar-refractivity contribution in [3.05, 3.63) is 59.7 Å². The fourth-order valence-corrected chi connectivity index (χ4v) is 5.13. The van der Waals surface area contributed by atoms with E-state index in [2.05, 4.69) is 10.2 Å². The topological polar surface area (TPSA) is 122 Å². The lowest BCUT2D eigenvalue weighted by Gasteiger charge is -2.38. The van der Waals surface area contributed by atoms with Crippen LogP contribution in [0.25, 0.3) is 0 Å². The van der Waals surface area contributed by atoms with E-state index < -0.39 is 12.0 Å². The van der Waals surface area contributed by atoms with Gasteiger partial charge in [-0.05, 0) is 49.6 Å². The van der Waals surface area contributed by atoms with Crippen LogP contribution < -0.4 is 16.0 Å². The Morgan fingerprint density at radius 3 is 2.32 bits per heavy atom. The number of para-hydroxylation sites is 1. The molecular weight excluding hydrogens is 472 g/mol. The number of carboxylic acid groups (broad SMARTS) is 1. The van der Waals surface area contributed by atoms with Crippen molar-refractivity contribution in [3.63, 3.8) is 0 Å². The first-order valence-corrected chi connectivity index (χ1v) is 12.7. The third-order valence-corrected chi connectivity index (χ3v) is 7.29. The van der Waals surface area contributed by atoms with Crippen LogP contribution in [0.5, 0.6) is 0 Å². The average Bonchev–Trinajstić information content (AvgIpc) is 2.89. The molecule has 0 bridgehead atoms. The Bertz CT molecular complexity index is 1120. The number of hydrogen-bond acceptors (Lipinski definition) is 5. The van der Waals surface area contributed by atoms with Gasteiger partial charge in [-0.3, -0.25) is 14.6 Å². The van der Waals surface area contributed by atoms with E-state index in [1.54, 1.807) is 24.1 Å². The second-order valence-electron chi connectivity index (χ2n) is 9.88. The maximum absolute atomic E-state index is 13.1. The molecule has 0 radical (unpaired) electrons. The molecular formula is C27H36N6O4. The maximum atomic E-state index is 13.1. The van der Waals surface area contributed by atoms with Crippen LogP contribution in [0.1, 0.15) is 35.7 Å². The molecule has 0 aliphatic carbocycles. The first kappa shape index (κ1) is 26.3. The molecule has 1 atom stereocenters. The van der Waals surface area contributed by atoms with E-state index in [0.29, 0.717) is 38.3 Å². The molecule has 2 heterocycles. The summed E-state index contributed by atoms with van der Waals surface area (Å²) < 4.78 is 0. The maximum Gasteiger partial charge on any atom is 0.407 e. The summed E-state index contributed by atoms with van der Waals surface area (Å²) in [6.07, 6.45) is 0.691. The lowest BCUT2D eigenvalue weighted by Crippen LogP contribution is -2.53. The van der Waals surface area contributed by atoms with Crippen molar-refractivity contribution in [2.75, 3.05) is 50.0 Å². The van der Waals surface area contributed by atoms with Gasteiger partial charge in [0.2, 0.25) is 0 Å². The zero-order chi connectivity index (χ0) is 26.5. The number of carbonyl (C=O) groups is 3. The SMILES string of the molecule is C[C@H]1CN(Cc2ccc(N(C)C(=O)N3CCC(Nc4ccccc4C(N)=O)CC3)cc2)CCN1C(=O)O. The molecule has 0 aromatic heterocycles. The molecule has 4 N–H and O–H groups in total. The molecule has 0 spiro atoms. The van der Waals surface area contributed by atoms with Gasteiger partial charge in [0.05, 0.1) is 5.56 Å². The van der Waals surface area contributed by atoms with Crippen LogP contribution in [0.2, 0.25) is 0 Å². The van der Waals surface area contributed by atoms with Crippen LogP contribution in [0.3, 0.4) is 0 Å². The molecule has 0 unspecified atom stereocenters. The number of likely N-dealkylation sites (tertiary alicyclic amines) is 1. The third kappa shape index (κ3) is 6.32. The summed E-state index contributed by atoms with van der Waals surface area (Å²) >= 11 is 0. The Labute approximate surface area is 217 Å². The second-order valence-corrected chi connectivity index (χ2v) is 9.88. The second kappa shape index (κ2) is 11.5. The van der Waals surface area contributed by atoms with Crippen LogP contribution in [0.4, 0.5) is 21.0 Å². The summed E-state index contributed by atoms with van der Waals surface area (Å²) in [5.41, 5.74) is 8.65. The van der Waals surface area contributed by atoms with Crippen molar-refractivity contribution >= 4 is 29.4 Å². The highest BCUT2D eigenvalue weighted by molar-refractivity contribution is 5.98. The van der Waals surface area contributed by atoms with Crippen molar-refractivity contribution in [2.24, 2.45) is 5.73 Å². The number of nitrogens with one attached hydrogen (secondary N) is 1. The molecule has 10 nitrogen and oxygen atoms in total. The van der Waals surface area contributed by atoms with Crippen molar-refractivity contribution in [1.82, 2.24) is 14.7 Å². The van der Waals surface area contributed by atoms with Gasteiger partial charge in [-0.25, -0.2) is 9.59 Å². The van der Waals surface area contributed by atoms with Gasteiger partial charge < -0.3 is 26.0 Å². The third-order valence-electron chi connectivity index (χ3n) is 7.29. The number of nitrogens with two attached hydrogens (primary N) is 1. The van der Waals surface area contributed by atoms with E-state index in [1.165, 1.54) is 4.90 Å². The number of amides is 4. The summed E-state index contributed by atoms with van der Waals surface area (Å²) in [6.45, 7) is 5.84. The standard InChI is InChI=1S/C27H36N6O4/c1-19-17-31(15-16-33(19)27(36)37)18-20-7-9-22(10-8-20)30(2)26(35)32-13-11-21(12-14-32)29-24-6-4-3-5-23(24)25(28)34/h3-10,19,21,29H,11-18H2,1-2H3,(H2,28,34)(H,36,37)/t19-/m0/s1. The van der Waals surface area contributed by atoms with E-state index in [0.717, 1.165) is 36.3 Å². The molecule has 4 rings (SSSR count). The Morgan fingerprint density at radius 1 is 1.03 bits per heavy atom. The summed E-state index contributed by atoms with van der Waals surface area (Å²) in [7, 11) is 1.79.